The highest BCUT2D eigenvalue weighted by atomic mass is 16.3. The number of rotatable bonds is 2. The van der Waals surface area contributed by atoms with Crippen LogP contribution in [-0.4, -0.2) is 48.2 Å². The summed E-state index contributed by atoms with van der Waals surface area (Å²) in [6.45, 7) is 3.69. The van der Waals surface area contributed by atoms with Crippen molar-refractivity contribution in [2.45, 2.75) is 38.2 Å². The molecule has 3 fully saturated rings. The minimum absolute atomic E-state index is 0.151. The highest BCUT2D eigenvalue weighted by Crippen LogP contribution is 2.38. The van der Waals surface area contributed by atoms with Crippen molar-refractivity contribution < 1.29 is 9.90 Å². The number of aliphatic hydroxyl groups excluding tert-OH is 1. The molecule has 2 heterocycles. The number of fused-ring (bicyclic) bond motifs is 1. The molecule has 4 nitrogen and oxygen atoms in total. The SMILES string of the molecule is O=C(c1ccc(N2CCC(O)CC2)cc1)N1CC2CCCC2C1. The van der Waals surface area contributed by atoms with Crippen LogP contribution in [0, 0.1) is 11.8 Å². The van der Waals surface area contributed by atoms with Crippen LogP contribution in [0.4, 0.5) is 5.69 Å². The van der Waals surface area contributed by atoms with Gasteiger partial charge in [-0.15, -0.1) is 0 Å². The molecule has 1 N–H and O–H groups in total. The summed E-state index contributed by atoms with van der Waals surface area (Å²) in [6.07, 6.45) is 5.45. The number of benzene rings is 1. The van der Waals surface area contributed by atoms with Crippen LogP contribution in [0.5, 0.6) is 0 Å². The zero-order chi connectivity index (χ0) is 15.8. The first kappa shape index (κ1) is 15.0. The van der Waals surface area contributed by atoms with E-state index in [0.717, 1.165) is 62.1 Å². The van der Waals surface area contributed by atoms with Gasteiger partial charge in [-0.3, -0.25) is 4.79 Å². The van der Waals surface area contributed by atoms with E-state index in [2.05, 4.69) is 21.9 Å². The van der Waals surface area contributed by atoms with Crippen LogP contribution in [0.1, 0.15) is 42.5 Å². The Hall–Kier alpha value is -1.55. The van der Waals surface area contributed by atoms with Crippen molar-refractivity contribution >= 4 is 11.6 Å². The maximum atomic E-state index is 12.7. The van der Waals surface area contributed by atoms with Gasteiger partial charge in [0.05, 0.1) is 6.10 Å². The molecule has 1 aliphatic carbocycles. The quantitative estimate of drug-likeness (QED) is 0.912. The van der Waals surface area contributed by atoms with Crippen LogP contribution in [-0.2, 0) is 0 Å². The zero-order valence-corrected chi connectivity index (χ0v) is 13.7. The van der Waals surface area contributed by atoms with Crippen molar-refractivity contribution in [3.8, 4) is 0 Å². The topological polar surface area (TPSA) is 43.8 Å². The smallest absolute Gasteiger partial charge is 0.253 e. The Bertz CT molecular complexity index is 551. The van der Waals surface area contributed by atoms with Gasteiger partial charge in [-0.2, -0.15) is 0 Å². The van der Waals surface area contributed by atoms with E-state index >= 15 is 0 Å². The zero-order valence-electron chi connectivity index (χ0n) is 13.7. The van der Waals surface area contributed by atoms with Crippen molar-refractivity contribution in [3.63, 3.8) is 0 Å². The second kappa shape index (κ2) is 6.16. The Morgan fingerprint density at radius 2 is 1.57 bits per heavy atom. The lowest BCUT2D eigenvalue weighted by molar-refractivity contribution is 0.0780. The van der Waals surface area contributed by atoms with Gasteiger partial charge in [-0.1, -0.05) is 6.42 Å². The standard InChI is InChI=1S/C19H26N2O2/c22-18-8-10-20(11-9-18)17-6-4-14(5-7-17)19(23)21-12-15-2-1-3-16(15)13-21/h4-7,15-16,18,22H,1-3,8-13H2. The van der Waals surface area contributed by atoms with Crippen LogP contribution < -0.4 is 4.90 Å². The summed E-state index contributed by atoms with van der Waals surface area (Å²) in [5.74, 6) is 1.69. The summed E-state index contributed by atoms with van der Waals surface area (Å²) in [7, 11) is 0. The second-order valence-corrected chi connectivity index (χ2v) is 7.43. The average Bonchev–Trinajstić information content (AvgIpc) is 3.17. The third-order valence-electron chi connectivity index (χ3n) is 5.96. The molecule has 4 heteroatoms. The maximum Gasteiger partial charge on any atom is 0.253 e. The van der Waals surface area contributed by atoms with Gasteiger partial charge in [0.15, 0.2) is 0 Å². The molecule has 2 unspecified atom stereocenters. The van der Waals surface area contributed by atoms with Crippen LogP contribution >= 0.6 is 0 Å². The largest absolute Gasteiger partial charge is 0.393 e. The van der Waals surface area contributed by atoms with Crippen molar-refractivity contribution in [1.82, 2.24) is 4.90 Å². The van der Waals surface area contributed by atoms with E-state index in [1.54, 1.807) is 0 Å². The summed E-state index contributed by atoms with van der Waals surface area (Å²) >= 11 is 0. The predicted molar refractivity (Wildman–Crippen MR) is 90.6 cm³/mol. The third-order valence-corrected chi connectivity index (χ3v) is 5.96. The fraction of sp³-hybridized carbons (Fsp3) is 0.632. The normalized spacial score (nSPS) is 28.2. The molecule has 2 aliphatic heterocycles. The fourth-order valence-corrected chi connectivity index (χ4v) is 4.52. The van der Waals surface area contributed by atoms with E-state index in [4.69, 9.17) is 0 Å². The summed E-state index contributed by atoms with van der Waals surface area (Å²) < 4.78 is 0. The Balaban J connectivity index is 1.41. The number of carbonyl (C=O) groups is 1. The Morgan fingerprint density at radius 1 is 0.957 bits per heavy atom. The molecule has 0 radical (unpaired) electrons. The molecular weight excluding hydrogens is 288 g/mol. The van der Waals surface area contributed by atoms with Gasteiger partial charge in [0, 0.05) is 37.4 Å². The molecule has 2 atom stereocenters. The molecule has 124 valence electrons. The van der Waals surface area contributed by atoms with E-state index in [0.29, 0.717) is 0 Å². The number of piperidine rings is 1. The summed E-state index contributed by atoms with van der Waals surface area (Å²) in [5.41, 5.74) is 1.97. The minimum Gasteiger partial charge on any atom is -0.393 e. The Morgan fingerprint density at radius 3 is 2.17 bits per heavy atom. The van der Waals surface area contributed by atoms with E-state index in [-0.39, 0.29) is 12.0 Å². The summed E-state index contributed by atoms with van der Waals surface area (Å²) in [6, 6.07) is 8.05. The van der Waals surface area contributed by atoms with E-state index in [1.165, 1.54) is 19.3 Å². The average molecular weight is 314 g/mol. The van der Waals surface area contributed by atoms with E-state index in [9.17, 15) is 9.90 Å². The highest BCUT2D eigenvalue weighted by molar-refractivity contribution is 5.94. The molecule has 1 aromatic carbocycles. The number of anilines is 1. The number of hydrogen-bond acceptors (Lipinski definition) is 3. The van der Waals surface area contributed by atoms with Crippen LogP contribution in [0.15, 0.2) is 24.3 Å². The number of hydrogen-bond donors (Lipinski definition) is 1. The van der Waals surface area contributed by atoms with Crippen LogP contribution in [0.25, 0.3) is 0 Å². The van der Waals surface area contributed by atoms with Crippen LogP contribution in [0.2, 0.25) is 0 Å². The first-order chi connectivity index (χ1) is 11.2. The molecule has 0 bridgehead atoms. The van der Waals surface area contributed by atoms with Gasteiger partial charge in [0.25, 0.3) is 5.91 Å². The Kier molecular flexibility index (Phi) is 4.02. The first-order valence-corrected chi connectivity index (χ1v) is 9.03. The number of carbonyl (C=O) groups excluding carboxylic acids is 1. The van der Waals surface area contributed by atoms with Gasteiger partial charge in [0.2, 0.25) is 0 Å². The molecule has 1 saturated carbocycles. The van der Waals surface area contributed by atoms with Crippen molar-refractivity contribution in [2.75, 3.05) is 31.1 Å². The first-order valence-electron chi connectivity index (χ1n) is 9.03. The molecule has 4 rings (SSSR count). The lowest BCUT2D eigenvalue weighted by atomic mass is 10.0. The molecule has 1 aromatic rings. The van der Waals surface area contributed by atoms with Gasteiger partial charge >= 0.3 is 0 Å². The number of nitrogens with zero attached hydrogens (tertiary/aromatic N) is 2. The van der Waals surface area contributed by atoms with E-state index < -0.39 is 0 Å². The van der Waals surface area contributed by atoms with Gasteiger partial charge < -0.3 is 14.9 Å². The molecule has 0 aromatic heterocycles. The summed E-state index contributed by atoms with van der Waals surface area (Å²) in [5, 5.41) is 9.60. The second-order valence-electron chi connectivity index (χ2n) is 7.43. The summed E-state index contributed by atoms with van der Waals surface area (Å²) in [4.78, 5) is 17.0. The van der Waals surface area contributed by atoms with Gasteiger partial charge in [-0.25, -0.2) is 0 Å². The van der Waals surface area contributed by atoms with Gasteiger partial charge in [0.1, 0.15) is 0 Å². The number of amides is 1. The molecule has 1 amide bonds. The molecule has 3 aliphatic rings. The van der Waals surface area contributed by atoms with Crippen molar-refractivity contribution in [3.05, 3.63) is 29.8 Å². The maximum absolute atomic E-state index is 12.7. The molecular formula is C19H26N2O2. The van der Waals surface area contributed by atoms with E-state index in [1.807, 2.05) is 12.1 Å². The number of aliphatic hydroxyl groups is 1. The lowest BCUT2D eigenvalue weighted by Gasteiger charge is -2.31. The minimum atomic E-state index is -0.151. The molecule has 23 heavy (non-hydrogen) atoms. The number of likely N-dealkylation sites (tertiary alicyclic amines) is 1. The predicted octanol–water partition coefficient (Wildman–Crippen LogP) is 2.52. The van der Waals surface area contributed by atoms with Crippen LogP contribution in [0.3, 0.4) is 0 Å². The third kappa shape index (κ3) is 2.97. The van der Waals surface area contributed by atoms with Crippen molar-refractivity contribution in [1.29, 1.82) is 0 Å². The van der Waals surface area contributed by atoms with Gasteiger partial charge in [-0.05, 0) is 61.8 Å². The van der Waals surface area contributed by atoms with Crippen molar-refractivity contribution in [2.24, 2.45) is 11.8 Å². The molecule has 2 saturated heterocycles. The lowest BCUT2D eigenvalue weighted by Crippen LogP contribution is -2.35. The fourth-order valence-electron chi connectivity index (χ4n) is 4.52. The monoisotopic (exact) mass is 314 g/mol. The highest BCUT2D eigenvalue weighted by Gasteiger charge is 2.38. The molecule has 0 spiro atoms. The Labute approximate surface area is 138 Å².